The molecule has 2 rings (SSSR count). The highest BCUT2D eigenvalue weighted by Crippen LogP contribution is 2.24. The van der Waals surface area contributed by atoms with E-state index in [0.717, 1.165) is 5.56 Å². The normalized spacial score (nSPS) is 18.0. The number of phenolic OH excluding ortho intramolecular Hbond substituents is 2. The number of rotatable bonds is 2. The lowest BCUT2D eigenvalue weighted by Gasteiger charge is -2.17. The number of aliphatic imine (C=N–C) groups is 1. The summed E-state index contributed by atoms with van der Waals surface area (Å²) in [4.78, 5) is 4.51. The standard InChI is InChI=1S/C13H17NO2/c15-12-7-6-10(8-13(12)16)9-14-11-4-2-1-3-5-11/h6-9,11,15-16H,1-5H2. The lowest BCUT2D eigenvalue weighted by molar-refractivity contribution is 0.403. The van der Waals surface area contributed by atoms with Crippen LogP contribution < -0.4 is 0 Å². The fraction of sp³-hybridized carbons (Fsp3) is 0.462. The predicted molar refractivity (Wildman–Crippen MR) is 64.2 cm³/mol. The first-order valence-corrected chi connectivity index (χ1v) is 5.81. The second-order valence-electron chi connectivity index (χ2n) is 4.32. The van der Waals surface area contributed by atoms with Crippen molar-refractivity contribution in [3.8, 4) is 11.5 Å². The monoisotopic (exact) mass is 219 g/mol. The average molecular weight is 219 g/mol. The van der Waals surface area contributed by atoms with Crippen LogP contribution in [0.5, 0.6) is 11.5 Å². The second kappa shape index (κ2) is 5.01. The van der Waals surface area contributed by atoms with Crippen LogP contribution in [-0.2, 0) is 0 Å². The summed E-state index contributed by atoms with van der Waals surface area (Å²) in [5.41, 5.74) is 0.834. The molecule has 0 aromatic heterocycles. The Labute approximate surface area is 95.5 Å². The fourth-order valence-corrected chi connectivity index (χ4v) is 2.04. The Morgan fingerprint density at radius 1 is 1.06 bits per heavy atom. The fourth-order valence-electron chi connectivity index (χ4n) is 2.04. The van der Waals surface area contributed by atoms with Gasteiger partial charge in [-0.05, 0) is 36.6 Å². The molecule has 0 radical (unpaired) electrons. The Hall–Kier alpha value is -1.51. The van der Waals surface area contributed by atoms with Crippen molar-refractivity contribution in [1.82, 2.24) is 0 Å². The molecule has 0 saturated heterocycles. The first-order valence-electron chi connectivity index (χ1n) is 5.81. The summed E-state index contributed by atoms with van der Waals surface area (Å²) in [7, 11) is 0. The van der Waals surface area contributed by atoms with E-state index in [9.17, 15) is 5.11 Å². The van der Waals surface area contributed by atoms with Gasteiger partial charge in [-0.1, -0.05) is 19.3 Å². The molecule has 3 nitrogen and oxygen atoms in total. The summed E-state index contributed by atoms with van der Waals surface area (Å²) in [6, 6.07) is 5.20. The van der Waals surface area contributed by atoms with Gasteiger partial charge in [-0.15, -0.1) is 0 Å². The van der Waals surface area contributed by atoms with Crippen LogP contribution in [0.25, 0.3) is 0 Å². The number of phenols is 2. The molecule has 3 heteroatoms. The van der Waals surface area contributed by atoms with Crippen LogP contribution in [0, 0.1) is 0 Å². The van der Waals surface area contributed by atoms with E-state index in [4.69, 9.17) is 5.11 Å². The summed E-state index contributed by atoms with van der Waals surface area (Å²) >= 11 is 0. The molecule has 2 N–H and O–H groups in total. The maximum Gasteiger partial charge on any atom is 0.158 e. The summed E-state index contributed by atoms with van der Waals surface area (Å²) < 4.78 is 0. The van der Waals surface area contributed by atoms with E-state index in [1.54, 1.807) is 12.3 Å². The van der Waals surface area contributed by atoms with Crippen LogP contribution in [0.3, 0.4) is 0 Å². The van der Waals surface area contributed by atoms with Crippen molar-refractivity contribution in [2.24, 2.45) is 4.99 Å². The summed E-state index contributed by atoms with van der Waals surface area (Å²) in [5, 5.41) is 18.5. The summed E-state index contributed by atoms with van der Waals surface area (Å²) in [6.45, 7) is 0. The Morgan fingerprint density at radius 3 is 2.50 bits per heavy atom. The SMILES string of the molecule is Oc1ccc(C=NC2CCCCC2)cc1O. The first kappa shape index (κ1) is 11.0. The highest BCUT2D eigenvalue weighted by molar-refractivity contribution is 5.80. The minimum Gasteiger partial charge on any atom is -0.504 e. The van der Waals surface area contributed by atoms with Gasteiger partial charge in [0.05, 0.1) is 0 Å². The van der Waals surface area contributed by atoms with Crippen LogP contribution in [0.1, 0.15) is 37.7 Å². The molecule has 86 valence electrons. The Kier molecular flexibility index (Phi) is 3.44. The molecule has 0 spiro atoms. The summed E-state index contributed by atoms with van der Waals surface area (Å²) in [6.07, 6.45) is 7.98. The van der Waals surface area contributed by atoms with Gasteiger partial charge in [-0.3, -0.25) is 4.99 Å². The molecule has 1 saturated carbocycles. The van der Waals surface area contributed by atoms with E-state index in [1.807, 2.05) is 0 Å². The topological polar surface area (TPSA) is 52.8 Å². The van der Waals surface area contributed by atoms with Gasteiger partial charge in [0.2, 0.25) is 0 Å². The van der Waals surface area contributed by atoms with Crippen LogP contribution in [0.4, 0.5) is 0 Å². The van der Waals surface area contributed by atoms with E-state index < -0.39 is 0 Å². The van der Waals surface area contributed by atoms with Crippen molar-refractivity contribution >= 4 is 6.21 Å². The van der Waals surface area contributed by atoms with Gasteiger partial charge < -0.3 is 10.2 Å². The molecule has 1 aliphatic carbocycles. The molecular formula is C13H17NO2. The van der Waals surface area contributed by atoms with Gasteiger partial charge in [-0.2, -0.15) is 0 Å². The molecule has 1 aromatic carbocycles. The van der Waals surface area contributed by atoms with Crippen LogP contribution >= 0.6 is 0 Å². The van der Waals surface area contributed by atoms with Gasteiger partial charge in [0.25, 0.3) is 0 Å². The zero-order valence-electron chi connectivity index (χ0n) is 9.26. The third-order valence-corrected chi connectivity index (χ3v) is 3.01. The molecule has 0 amide bonds. The van der Waals surface area contributed by atoms with Gasteiger partial charge in [0.15, 0.2) is 11.5 Å². The van der Waals surface area contributed by atoms with Crippen molar-refractivity contribution in [3.63, 3.8) is 0 Å². The minimum atomic E-state index is -0.0902. The summed E-state index contributed by atoms with van der Waals surface area (Å²) in [5.74, 6) is -0.178. The Balaban J connectivity index is 2.02. The highest BCUT2D eigenvalue weighted by atomic mass is 16.3. The van der Waals surface area contributed by atoms with E-state index in [-0.39, 0.29) is 11.5 Å². The molecule has 1 fully saturated rings. The largest absolute Gasteiger partial charge is 0.504 e. The van der Waals surface area contributed by atoms with Crippen molar-refractivity contribution in [2.75, 3.05) is 0 Å². The molecule has 1 aliphatic rings. The second-order valence-corrected chi connectivity index (χ2v) is 4.32. The third-order valence-electron chi connectivity index (χ3n) is 3.01. The van der Waals surface area contributed by atoms with Crippen molar-refractivity contribution in [2.45, 2.75) is 38.1 Å². The van der Waals surface area contributed by atoms with E-state index >= 15 is 0 Å². The number of aromatic hydroxyl groups is 2. The number of hydrogen-bond acceptors (Lipinski definition) is 3. The number of hydrogen-bond donors (Lipinski definition) is 2. The van der Waals surface area contributed by atoms with E-state index in [0.29, 0.717) is 6.04 Å². The lowest BCUT2D eigenvalue weighted by Crippen LogP contribution is -2.09. The smallest absolute Gasteiger partial charge is 0.158 e. The Morgan fingerprint density at radius 2 is 1.81 bits per heavy atom. The van der Waals surface area contributed by atoms with Gasteiger partial charge in [0.1, 0.15) is 0 Å². The first-order chi connectivity index (χ1) is 7.75. The van der Waals surface area contributed by atoms with Gasteiger partial charge >= 0.3 is 0 Å². The molecule has 1 aromatic rings. The third kappa shape index (κ3) is 2.75. The van der Waals surface area contributed by atoms with Crippen LogP contribution in [0.2, 0.25) is 0 Å². The maximum absolute atomic E-state index is 9.33. The molecular weight excluding hydrogens is 202 g/mol. The van der Waals surface area contributed by atoms with Crippen molar-refractivity contribution < 1.29 is 10.2 Å². The molecule has 0 unspecified atom stereocenters. The van der Waals surface area contributed by atoms with Gasteiger partial charge in [-0.25, -0.2) is 0 Å². The van der Waals surface area contributed by atoms with E-state index in [2.05, 4.69) is 4.99 Å². The van der Waals surface area contributed by atoms with E-state index in [1.165, 1.54) is 44.2 Å². The zero-order valence-corrected chi connectivity index (χ0v) is 9.26. The lowest BCUT2D eigenvalue weighted by atomic mass is 9.96. The predicted octanol–water partition coefficient (Wildman–Crippen LogP) is 2.85. The number of benzene rings is 1. The molecule has 0 aliphatic heterocycles. The van der Waals surface area contributed by atoms with Gasteiger partial charge in [0, 0.05) is 12.3 Å². The number of nitrogens with zero attached hydrogens (tertiary/aromatic N) is 1. The van der Waals surface area contributed by atoms with Crippen LogP contribution in [-0.4, -0.2) is 22.5 Å². The highest BCUT2D eigenvalue weighted by Gasteiger charge is 2.10. The average Bonchev–Trinajstić information content (AvgIpc) is 2.32. The molecule has 0 bridgehead atoms. The zero-order chi connectivity index (χ0) is 11.4. The van der Waals surface area contributed by atoms with Crippen molar-refractivity contribution in [3.05, 3.63) is 23.8 Å². The Bertz CT molecular complexity index is 382. The molecule has 16 heavy (non-hydrogen) atoms. The minimum absolute atomic E-state index is 0.0881. The van der Waals surface area contributed by atoms with Crippen LogP contribution in [0.15, 0.2) is 23.2 Å². The quantitative estimate of drug-likeness (QED) is 0.593. The molecule has 0 atom stereocenters. The molecule has 0 heterocycles. The van der Waals surface area contributed by atoms with Crippen molar-refractivity contribution in [1.29, 1.82) is 0 Å². The maximum atomic E-state index is 9.33.